The minimum absolute atomic E-state index is 0.0370. The van der Waals surface area contributed by atoms with Gasteiger partial charge in [0.25, 0.3) is 0 Å². The lowest BCUT2D eigenvalue weighted by Gasteiger charge is -2.24. The monoisotopic (exact) mass is 313 g/mol. The first-order chi connectivity index (χ1) is 10.6. The Hall–Kier alpha value is -2.13. The zero-order valence-corrected chi connectivity index (χ0v) is 12.1. The Balaban J connectivity index is 3.13. The number of carboxylic acids is 1. The van der Waals surface area contributed by atoms with Gasteiger partial charge >= 0.3 is 5.97 Å². The lowest BCUT2D eigenvalue weighted by molar-refractivity contribution is -0.131. The van der Waals surface area contributed by atoms with Crippen molar-refractivity contribution in [3.63, 3.8) is 0 Å². The molecule has 0 heterocycles. The molecule has 122 valence electrons. The van der Waals surface area contributed by atoms with Gasteiger partial charge in [-0.1, -0.05) is 0 Å². The number of ether oxygens (including phenoxy) is 1. The van der Waals surface area contributed by atoms with Gasteiger partial charge in [0.2, 0.25) is 0 Å². The molecule has 0 aliphatic heterocycles. The number of hydrogen-bond acceptors (Lipinski definition) is 7. The standard InChI is InChI=1S/C14H19NO7/c1-20-12-4-2-11(3-5-14(18)19)13(10-12)15(21-8-6-16)22-9-7-17/h2-5,10,16-17H,6-9H2,1H3,(H,18,19). The fourth-order valence-electron chi connectivity index (χ4n) is 1.53. The molecule has 0 saturated heterocycles. The van der Waals surface area contributed by atoms with E-state index in [9.17, 15) is 4.79 Å². The van der Waals surface area contributed by atoms with Crippen molar-refractivity contribution in [2.24, 2.45) is 0 Å². The third-order valence-corrected chi connectivity index (χ3v) is 2.44. The molecule has 0 aliphatic carbocycles. The summed E-state index contributed by atoms with van der Waals surface area (Å²) in [5, 5.41) is 27.5. The first-order valence-corrected chi connectivity index (χ1v) is 6.49. The van der Waals surface area contributed by atoms with Gasteiger partial charge in [0.15, 0.2) is 0 Å². The van der Waals surface area contributed by atoms with Gasteiger partial charge in [-0.3, -0.25) is 0 Å². The summed E-state index contributed by atoms with van der Waals surface area (Å²) in [7, 11) is 1.49. The molecule has 0 saturated carbocycles. The maximum absolute atomic E-state index is 10.7. The number of aliphatic hydroxyl groups excluding tert-OH is 2. The van der Waals surface area contributed by atoms with E-state index in [0.717, 1.165) is 11.3 Å². The van der Waals surface area contributed by atoms with E-state index >= 15 is 0 Å². The summed E-state index contributed by atoms with van der Waals surface area (Å²) in [4.78, 5) is 21.1. The van der Waals surface area contributed by atoms with Crippen molar-refractivity contribution in [3.8, 4) is 5.75 Å². The van der Waals surface area contributed by atoms with Gasteiger partial charge in [-0.05, 0) is 18.2 Å². The molecule has 0 aromatic heterocycles. The molecule has 8 nitrogen and oxygen atoms in total. The number of methoxy groups -OCH3 is 1. The smallest absolute Gasteiger partial charge is 0.328 e. The maximum atomic E-state index is 10.7. The second kappa shape index (κ2) is 9.74. The molecule has 0 amide bonds. The van der Waals surface area contributed by atoms with Crippen LogP contribution in [0.25, 0.3) is 6.08 Å². The summed E-state index contributed by atoms with van der Waals surface area (Å²) >= 11 is 0. The van der Waals surface area contributed by atoms with E-state index < -0.39 is 5.97 Å². The molecule has 0 unspecified atom stereocenters. The lowest BCUT2D eigenvalue weighted by Crippen LogP contribution is -2.27. The van der Waals surface area contributed by atoms with Gasteiger partial charge in [-0.25, -0.2) is 14.5 Å². The van der Waals surface area contributed by atoms with Crippen molar-refractivity contribution < 1.29 is 34.5 Å². The maximum Gasteiger partial charge on any atom is 0.328 e. The van der Waals surface area contributed by atoms with Crippen molar-refractivity contribution in [3.05, 3.63) is 29.8 Å². The highest BCUT2D eigenvalue weighted by atomic mass is 16.9. The molecule has 0 fully saturated rings. The normalized spacial score (nSPS) is 10.9. The molecule has 1 aromatic carbocycles. The molecular formula is C14H19NO7. The summed E-state index contributed by atoms with van der Waals surface area (Å²) in [5.74, 6) is -0.589. The molecule has 0 aliphatic rings. The Bertz CT molecular complexity index is 496. The molecule has 0 spiro atoms. The van der Waals surface area contributed by atoms with Crippen LogP contribution in [-0.2, 0) is 14.5 Å². The Kier molecular flexibility index (Phi) is 7.94. The Morgan fingerprint density at radius 3 is 2.36 bits per heavy atom. The van der Waals surface area contributed by atoms with Gasteiger partial charge in [-0.15, -0.1) is 5.23 Å². The van der Waals surface area contributed by atoms with Crippen molar-refractivity contribution in [2.75, 3.05) is 38.8 Å². The van der Waals surface area contributed by atoms with E-state index in [-0.39, 0.29) is 26.4 Å². The number of anilines is 1. The summed E-state index contributed by atoms with van der Waals surface area (Å²) in [6.07, 6.45) is 2.34. The Morgan fingerprint density at radius 2 is 1.86 bits per heavy atom. The minimum Gasteiger partial charge on any atom is -0.497 e. The van der Waals surface area contributed by atoms with Crippen molar-refractivity contribution in [2.45, 2.75) is 0 Å². The van der Waals surface area contributed by atoms with Crippen LogP contribution < -0.4 is 9.96 Å². The van der Waals surface area contributed by atoms with Gasteiger partial charge < -0.3 is 20.1 Å². The van der Waals surface area contributed by atoms with E-state index in [2.05, 4.69) is 0 Å². The van der Waals surface area contributed by atoms with E-state index in [1.165, 1.54) is 13.2 Å². The average Bonchev–Trinajstić information content (AvgIpc) is 2.53. The van der Waals surface area contributed by atoms with Gasteiger partial charge in [0.1, 0.15) is 24.7 Å². The molecule has 8 heteroatoms. The summed E-state index contributed by atoms with van der Waals surface area (Å²) in [5.41, 5.74) is 0.873. The molecule has 3 N–H and O–H groups in total. The predicted octanol–water partition coefficient (Wildman–Crippen LogP) is 0.447. The lowest BCUT2D eigenvalue weighted by atomic mass is 10.1. The summed E-state index contributed by atoms with van der Waals surface area (Å²) in [6.45, 7) is -0.540. The van der Waals surface area contributed by atoms with Gasteiger partial charge in [0, 0.05) is 17.7 Å². The second-order valence-corrected chi connectivity index (χ2v) is 3.97. The number of carboxylic acid groups (broad SMARTS) is 1. The molecule has 1 aromatic rings. The number of carbonyl (C=O) groups is 1. The van der Waals surface area contributed by atoms with Crippen LogP contribution in [0.5, 0.6) is 5.75 Å². The fourth-order valence-corrected chi connectivity index (χ4v) is 1.53. The second-order valence-electron chi connectivity index (χ2n) is 3.97. The molecule has 22 heavy (non-hydrogen) atoms. The molecule has 0 radical (unpaired) electrons. The number of hydrogen-bond donors (Lipinski definition) is 3. The zero-order chi connectivity index (χ0) is 16.4. The van der Waals surface area contributed by atoms with Crippen molar-refractivity contribution >= 4 is 17.7 Å². The van der Waals surface area contributed by atoms with Crippen LogP contribution >= 0.6 is 0 Å². The SMILES string of the molecule is COc1ccc(C=CC(=O)O)c(N(OCCO)OCCO)c1. The van der Waals surface area contributed by atoms with E-state index in [4.69, 9.17) is 29.7 Å². The highest BCUT2D eigenvalue weighted by molar-refractivity contribution is 5.87. The van der Waals surface area contributed by atoms with E-state index in [1.807, 2.05) is 0 Å². The number of rotatable bonds is 10. The number of aliphatic carboxylic acids is 1. The fraction of sp³-hybridized carbons (Fsp3) is 0.357. The topological polar surface area (TPSA) is 109 Å². The largest absolute Gasteiger partial charge is 0.497 e. The Labute approximate surface area is 127 Å². The van der Waals surface area contributed by atoms with Crippen LogP contribution in [0.15, 0.2) is 24.3 Å². The van der Waals surface area contributed by atoms with Crippen LogP contribution in [0.2, 0.25) is 0 Å². The van der Waals surface area contributed by atoms with Crippen LogP contribution in [-0.4, -0.2) is 54.8 Å². The van der Waals surface area contributed by atoms with E-state index in [1.54, 1.807) is 18.2 Å². The van der Waals surface area contributed by atoms with Crippen molar-refractivity contribution in [1.82, 2.24) is 0 Å². The number of benzene rings is 1. The predicted molar refractivity (Wildman–Crippen MR) is 78.2 cm³/mol. The number of nitrogens with zero attached hydrogens (tertiary/aromatic N) is 1. The highest BCUT2D eigenvalue weighted by Gasteiger charge is 2.14. The van der Waals surface area contributed by atoms with Gasteiger partial charge in [0.05, 0.1) is 20.3 Å². The molecular weight excluding hydrogens is 294 g/mol. The van der Waals surface area contributed by atoms with Crippen LogP contribution in [0.1, 0.15) is 5.56 Å². The van der Waals surface area contributed by atoms with E-state index in [0.29, 0.717) is 17.0 Å². The average molecular weight is 313 g/mol. The minimum atomic E-state index is -1.10. The van der Waals surface area contributed by atoms with Crippen molar-refractivity contribution in [1.29, 1.82) is 0 Å². The van der Waals surface area contributed by atoms with Crippen LogP contribution in [0.3, 0.4) is 0 Å². The summed E-state index contributed by atoms with van der Waals surface area (Å²) < 4.78 is 5.12. The van der Waals surface area contributed by atoms with Gasteiger partial charge in [-0.2, -0.15) is 0 Å². The molecule has 0 atom stereocenters. The zero-order valence-electron chi connectivity index (χ0n) is 12.1. The third kappa shape index (κ3) is 5.70. The van der Waals surface area contributed by atoms with Crippen LogP contribution in [0, 0.1) is 0 Å². The quantitative estimate of drug-likeness (QED) is 0.422. The van der Waals surface area contributed by atoms with Crippen LogP contribution in [0.4, 0.5) is 5.69 Å². The Morgan fingerprint density at radius 1 is 1.23 bits per heavy atom. The molecule has 1 rings (SSSR count). The summed E-state index contributed by atoms with van der Waals surface area (Å²) in [6, 6.07) is 4.86. The first-order valence-electron chi connectivity index (χ1n) is 6.49. The number of aliphatic hydroxyl groups is 2. The third-order valence-electron chi connectivity index (χ3n) is 2.44. The molecule has 0 bridgehead atoms. The highest BCUT2D eigenvalue weighted by Crippen LogP contribution is 2.28. The first kappa shape index (κ1) is 17.9.